The molecule has 0 bridgehead atoms. The summed E-state index contributed by atoms with van der Waals surface area (Å²) in [5.41, 5.74) is 1.59. The van der Waals surface area contributed by atoms with Crippen LogP contribution < -0.4 is 4.31 Å². The first-order valence-corrected chi connectivity index (χ1v) is 9.46. The first-order chi connectivity index (χ1) is 11.5. The van der Waals surface area contributed by atoms with Crippen molar-refractivity contribution in [3.8, 4) is 0 Å². The number of halogens is 1. The van der Waals surface area contributed by atoms with Crippen LogP contribution in [0.15, 0.2) is 48.5 Å². The molecule has 1 heterocycles. The van der Waals surface area contributed by atoms with Crippen molar-refractivity contribution >= 4 is 33.3 Å². The van der Waals surface area contributed by atoms with E-state index < -0.39 is 16.0 Å². The van der Waals surface area contributed by atoms with E-state index in [1.165, 1.54) is 4.31 Å². The summed E-state index contributed by atoms with van der Waals surface area (Å²) >= 11 is 5.89. The molecular formula is C17H16ClNO4S. The molecule has 0 aliphatic carbocycles. The van der Waals surface area contributed by atoms with E-state index in [0.717, 1.165) is 5.56 Å². The highest BCUT2D eigenvalue weighted by molar-refractivity contribution is 7.93. The number of anilines is 1. The third kappa shape index (κ3) is 3.71. The SMILES string of the molecule is O=C(OCc1cccc(Cl)c1)c1cccc(N2CCCS2(=O)=O)c1. The Morgan fingerprint density at radius 3 is 2.67 bits per heavy atom. The first kappa shape index (κ1) is 16.8. The molecule has 0 amide bonds. The van der Waals surface area contributed by atoms with Crippen LogP contribution in [-0.4, -0.2) is 26.7 Å². The Balaban J connectivity index is 1.73. The van der Waals surface area contributed by atoms with Gasteiger partial charge in [0.2, 0.25) is 10.0 Å². The zero-order valence-electron chi connectivity index (χ0n) is 12.8. The van der Waals surface area contributed by atoms with E-state index in [9.17, 15) is 13.2 Å². The van der Waals surface area contributed by atoms with Crippen LogP contribution in [0.3, 0.4) is 0 Å². The maximum absolute atomic E-state index is 12.2. The second-order valence-corrected chi connectivity index (χ2v) is 7.95. The summed E-state index contributed by atoms with van der Waals surface area (Å²) in [6.45, 7) is 0.537. The van der Waals surface area contributed by atoms with E-state index in [-0.39, 0.29) is 12.4 Å². The lowest BCUT2D eigenvalue weighted by Crippen LogP contribution is -2.25. The Morgan fingerprint density at radius 2 is 1.96 bits per heavy atom. The third-order valence-electron chi connectivity index (χ3n) is 3.73. The van der Waals surface area contributed by atoms with Crippen molar-refractivity contribution in [3.63, 3.8) is 0 Å². The number of nitrogens with zero attached hydrogens (tertiary/aromatic N) is 1. The largest absolute Gasteiger partial charge is 0.457 e. The predicted molar refractivity (Wildman–Crippen MR) is 92.8 cm³/mol. The van der Waals surface area contributed by atoms with Crippen LogP contribution in [0.4, 0.5) is 5.69 Å². The van der Waals surface area contributed by atoms with Gasteiger partial charge in [-0.1, -0.05) is 29.8 Å². The number of carbonyl (C=O) groups excluding carboxylic acids is 1. The van der Waals surface area contributed by atoms with Crippen molar-refractivity contribution < 1.29 is 17.9 Å². The molecule has 24 heavy (non-hydrogen) atoms. The summed E-state index contributed by atoms with van der Waals surface area (Å²) in [6, 6.07) is 13.5. The maximum atomic E-state index is 12.2. The summed E-state index contributed by atoms with van der Waals surface area (Å²) in [5.74, 6) is -0.371. The average molecular weight is 366 g/mol. The van der Waals surface area contributed by atoms with Crippen LogP contribution in [0, 0.1) is 0 Å². The van der Waals surface area contributed by atoms with Gasteiger partial charge in [-0.3, -0.25) is 4.31 Å². The van der Waals surface area contributed by atoms with Crippen LogP contribution in [0.1, 0.15) is 22.3 Å². The molecule has 0 radical (unpaired) electrons. The van der Waals surface area contributed by atoms with Gasteiger partial charge >= 0.3 is 5.97 Å². The van der Waals surface area contributed by atoms with Gasteiger partial charge in [-0.2, -0.15) is 0 Å². The predicted octanol–water partition coefficient (Wildman–Crippen LogP) is 3.24. The molecule has 0 spiro atoms. The van der Waals surface area contributed by atoms with Crippen LogP contribution in [0.5, 0.6) is 0 Å². The lowest BCUT2D eigenvalue weighted by Gasteiger charge is -2.17. The normalized spacial score (nSPS) is 16.1. The molecule has 1 aliphatic rings. The van der Waals surface area contributed by atoms with Gasteiger partial charge in [0.25, 0.3) is 0 Å². The van der Waals surface area contributed by atoms with Crippen LogP contribution in [0.2, 0.25) is 5.02 Å². The highest BCUT2D eigenvalue weighted by Gasteiger charge is 2.28. The van der Waals surface area contributed by atoms with Gasteiger partial charge in [0.05, 0.1) is 17.0 Å². The summed E-state index contributed by atoms with van der Waals surface area (Å²) in [7, 11) is -3.28. The quantitative estimate of drug-likeness (QED) is 0.780. The minimum absolute atomic E-state index is 0.103. The minimum Gasteiger partial charge on any atom is -0.457 e. The van der Waals surface area contributed by atoms with Gasteiger partial charge in [0, 0.05) is 11.6 Å². The van der Waals surface area contributed by atoms with Crippen LogP contribution in [-0.2, 0) is 21.4 Å². The lowest BCUT2D eigenvalue weighted by molar-refractivity contribution is 0.0472. The van der Waals surface area contributed by atoms with Crippen molar-refractivity contribution in [2.45, 2.75) is 13.0 Å². The third-order valence-corrected chi connectivity index (χ3v) is 5.83. The number of benzene rings is 2. The number of hydrogen-bond acceptors (Lipinski definition) is 4. The molecule has 0 aromatic heterocycles. The standard InChI is InChI=1S/C17H16ClNO4S/c18-15-6-1-4-13(10-15)12-23-17(20)14-5-2-7-16(11-14)19-8-3-9-24(19,21)22/h1-2,4-7,10-11H,3,8-9,12H2. The monoisotopic (exact) mass is 365 g/mol. The Kier molecular flexibility index (Phi) is 4.78. The Morgan fingerprint density at radius 1 is 1.17 bits per heavy atom. The molecule has 3 rings (SSSR count). The second-order valence-electron chi connectivity index (χ2n) is 5.50. The molecule has 2 aromatic carbocycles. The first-order valence-electron chi connectivity index (χ1n) is 7.48. The topological polar surface area (TPSA) is 63.7 Å². The van der Waals surface area contributed by atoms with E-state index in [1.807, 2.05) is 6.07 Å². The molecule has 5 nitrogen and oxygen atoms in total. The molecule has 1 saturated heterocycles. The van der Waals surface area contributed by atoms with Crippen LogP contribution >= 0.6 is 11.6 Å². The van der Waals surface area contributed by atoms with Crippen molar-refractivity contribution in [2.24, 2.45) is 0 Å². The number of ether oxygens (including phenoxy) is 1. The zero-order valence-corrected chi connectivity index (χ0v) is 14.4. The summed E-state index contributed by atoms with van der Waals surface area (Å²) < 4.78 is 30.6. The molecule has 126 valence electrons. The van der Waals surface area contributed by atoms with E-state index in [1.54, 1.807) is 42.5 Å². The highest BCUT2D eigenvalue weighted by Crippen LogP contribution is 2.25. The summed E-state index contributed by atoms with van der Waals surface area (Å²) in [6.07, 6.45) is 0.589. The number of sulfonamides is 1. The molecule has 1 fully saturated rings. The summed E-state index contributed by atoms with van der Waals surface area (Å²) in [4.78, 5) is 12.2. The van der Waals surface area contributed by atoms with Crippen molar-refractivity contribution in [1.82, 2.24) is 0 Å². The Bertz CT molecular complexity index is 866. The molecular weight excluding hydrogens is 350 g/mol. The van der Waals surface area contributed by atoms with E-state index in [2.05, 4.69) is 0 Å². The number of hydrogen-bond donors (Lipinski definition) is 0. The van der Waals surface area contributed by atoms with E-state index in [4.69, 9.17) is 16.3 Å². The molecule has 0 unspecified atom stereocenters. The number of carbonyl (C=O) groups is 1. The fourth-order valence-electron chi connectivity index (χ4n) is 2.58. The second kappa shape index (κ2) is 6.83. The van der Waals surface area contributed by atoms with Crippen molar-refractivity contribution in [1.29, 1.82) is 0 Å². The molecule has 2 aromatic rings. The summed E-state index contributed by atoms with van der Waals surface area (Å²) in [5, 5.41) is 0.574. The van der Waals surface area contributed by atoms with Crippen LogP contribution in [0.25, 0.3) is 0 Å². The molecule has 1 aliphatic heterocycles. The maximum Gasteiger partial charge on any atom is 0.338 e. The molecule has 0 atom stereocenters. The van der Waals surface area contributed by atoms with Gasteiger partial charge in [-0.25, -0.2) is 13.2 Å². The molecule has 0 N–H and O–H groups in total. The highest BCUT2D eigenvalue weighted by atomic mass is 35.5. The van der Waals surface area contributed by atoms with Gasteiger partial charge in [-0.05, 0) is 42.3 Å². The Labute approximate surface area is 145 Å². The lowest BCUT2D eigenvalue weighted by atomic mass is 10.2. The number of rotatable bonds is 4. The minimum atomic E-state index is -3.28. The fourth-order valence-corrected chi connectivity index (χ4v) is 4.35. The van der Waals surface area contributed by atoms with Gasteiger partial charge in [0.15, 0.2) is 0 Å². The van der Waals surface area contributed by atoms with Crippen molar-refractivity contribution in [2.75, 3.05) is 16.6 Å². The fraction of sp³-hybridized carbons (Fsp3) is 0.235. The van der Waals surface area contributed by atoms with Gasteiger partial charge in [-0.15, -0.1) is 0 Å². The number of esters is 1. The molecule has 0 saturated carbocycles. The smallest absolute Gasteiger partial charge is 0.338 e. The van der Waals surface area contributed by atoms with E-state index >= 15 is 0 Å². The van der Waals surface area contributed by atoms with Gasteiger partial charge in [0.1, 0.15) is 6.61 Å². The van der Waals surface area contributed by atoms with Gasteiger partial charge < -0.3 is 4.74 Å². The van der Waals surface area contributed by atoms with E-state index in [0.29, 0.717) is 29.2 Å². The molecule has 7 heteroatoms. The average Bonchev–Trinajstić information content (AvgIpc) is 2.92. The Hall–Kier alpha value is -2.05. The van der Waals surface area contributed by atoms with Crippen molar-refractivity contribution in [3.05, 3.63) is 64.7 Å². The zero-order chi connectivity index (χ0) is 17.2.